The van der Waals surface area contributed by atoms with E-state index in [1.807, 2.05) is 17.5 Å². The Hall–Kier alpha value is -3.52. The second-order valence-corrected chi connectivity index (χ2v) is 7.28. The Labute approximate surface area is 185 Å². The van der Waals surface area contributed by atoms with E-state index in [9.17, 15) is 4.79 Å². The molecule has 0 spiro atoms. The fourth-order valence-electron chi connectivity index (χ4n) is 3.12. The number of carbonyl (C=O) groups is 1. The van der Waals surface area contributed by atoms with E-state index in [1.165, 1.54) is 18.4 Å². The van der Waals surface area contributed by atoms with Crippen LogP contribution in [0.3, 0.4) is 0 Å². The van der Waals surface area contributed by atoms with Gasteiger partial charge in [0, 0.05) is 28.1 Å². The van der Waals surface area contributed by atoms with Crippen LogP contribution in [-0.4, -0.2) is 39.3 Å². The largest absolute Gasteiger partial charge is 0.497 e. The normalized spacial score (nSPS) is 10.3. The van der Waals surface area contributed by atoms with Crippen LogP contribution in [-0.2, 0) is 6.42 Å². The van der Waals surface area contributed by atoms with E-state index in [1.54, 1.807) is 45.6 Å². The lowest BCUT2D eigenvalue weighted by Crippen LogP contribution is -2.13. The van der Waals surface area contributed by atoms with E-state index in [0.29, 0.717) is 45.8 Å². The zero-order valence-electron chi connectivity index (χ0n) is 17.9. The van der Waals surface area contributed by atoms with Crippen molar-refractivity contribution >= 4 is 22.4 Å². The molecule has 0 saturated carbocycles. The van der Waals surface area contributed by atoms with Gasteiger partial charge in [0.2, 0.25) is 0 Å². The van der Waals surface area contributed by atoms with Gasteiger partial charge in [0.05, 0.1) is 34.1 Å². The number of thiazole rings is 1. The molecule has 0 aliphatic carbocycles. The molecule has 0 fully saturated rings. The molecule has 0 unspecified atom stereocenters. The van der Waals surface area contributed by atoms with Crippen molar-refractivity contribution in [1.29, 1.82) is 0 Å². The fourth-order valence-corrected chi connectivity index (χ4v) is 3.82. The fraction of sp³-hybridized carbons (Fsp3) is 0.217. The molecule has 2 aromatic carbocycles. The molecule has 31 heavy (non-hydrogen) atoms. The summed E-state index contributed by atoms with van der Waals surface area (Å²) in [5, 5.41) is 5.18. The summed E-state index contributed by atoms with van der Waals surface area (Å²) < 4.78 is 21.5. The van der Waals surface area contributed by atoms with Crippen molar-refractivity contribution in [3.8, 4) is 34.3 Å². The Morgan fingerprint density at radius 1 is 1.06 bits per heavy atom. The second-order valence-electron chi connectivity index (χ2n) is 6.42. The summed E-state index contributed by atoms with van der Waals surface area (Å²) >= 11 is 1.33. The molecule has 0 aliphatic rings. The number of carbonyl (C=O) groups excluding carboxylic acids is 1. The molecule has 7 nitrogen and oxygen atoms in total. The summed E-state index contributed by atoms with van der Waals surface area (Å²) in [5.74, 6) is 2.09. The summed E-state index contributed by atoms with van der Waals surface area (Å²) in [6, 6.07) is 8.90. The molecule has 1 aromatic heterocycles. The zero-order chi connectivity index (χ0) is 22.4. The van der Waals surface area contributed by atoms with Crippen LogP contribution >= 0.6 is 11.3 Å². The first-order valence-corrected chi connectivity index (χ1v) is 10.3. The lowest BCUT2D eigenvalue weighted by molar-refractivity contribution is 0.102. The van der Waals surface area contributed by atoms with Crippen molar-refractivity contribution in [2.45, 2.75) is 6.42 Å². The number of hydrogen-bond acceptors (Lipinski definition) is 7. The Kier molecular flexibility index (Phi) is 7.15. The zero-order valence-corrected chi connectivity index (χ0v) is 18.7. The van der Waals surface area contributed by atoms with Gasteiger partial charge < -0.3 is 18.9 Å². The summed E-state index contributed by atoms with van der Waals surface area (Å²) in [5.41, 5.74) is 2.75. The van der Waals surface area contributed by atoms with Crippen LogP contribution in [0.4, 0.5) is 5.13 Å². The number of ether oxygens (including phenoxy) is 4. The average Bonchev–Trinajstić information content (AvgIpc) is 3.26. The molecule has 0 radical (unpaired) electrons. The minimum Gasteiger partial charge on any atom is -0.497 e. The molecular weight excluding hydrogens is 416 g/mol. The topological polar surface area (TPSA) is 78.9 Å². The Morgan fingerprint density at radius 3 is 2.48 bits per heavy atom. The van der Waals surface area contributed by atoms with E-state index < -0.39 is 0 Å². The van der Waals surface area contributed by atoms with E-state index in [0.717, 1.165) is 11.1 Å². The lowest BCUT2D eigenvalue weighted by Gasteiger charge is -2.14. The summed E-state index contributed by atoms with van der Waals surface area (Å²) in [4.78, 5) is 17.4. The van der Waals surface area contributed by atoms with Crippen LogP contribution in [0.25, 0.3) is 11.3 Å². The Balaban J connectivity index is 1.86. The third kappa shape index (κ3) is 4.80. The van der Waals surface area contributed by atoms with Gasteiger partial charge in [-0.2, -0.15) is 0 Å². The van der Waals surface area contributed by atoms with E-state index in [2.05, 4.69) is 16.9 Å². The van der Waals surface area contributed by atoms with Crippen LogP contribution in [0, 0.1) is 0 Å². The van der Waals surface area contributed by atoms with Crippen molar-refractivity contribution in [3.63, 3.8) is 0 Å². The Bertz CT molecular complexity index is 1090. The first kappa shape index (κ1) is 22.2. The number of allylic oxidation sites excluding steroid dienone is 1. The molecule has 0 bridgehead atoms. The molecule has 3 rings (SSSR count). The maximum atomic E-state index is 12.9. The summed E-state index contributed by atoms with van der Waals surface area (Å²) in [6.45, 7) is 3.76. The summed E-state index contributed by atoms with van der Waals surface area (Å²) in [6.07, 6.45) is 2.29. The molecule has 8 heteroatoms. The third-order valence-electron chi connectivity index (χ3n) is 4.59. The van der Waals surface area contributed by atoms with Gasteiger partial charge >= 0.3 is 0 Å². The van der Waals surface area contributed by atoms with Gasteiger partial charge in [0.15, 0.2) is 16.6 Å². The lowest BCUT2D eigenvalue weighted by atomic mass is 10.1. The van der Waals surface area contributed by atoms with Crippen molar-refractivity contribution in [3.05, 3.63) is 59.5 Å². The second kappa shape index (κ2) is 9.99. The molecule has 0 aliphatic heterocycles. The average molecular weight is 441 g/mol. The highest BCUT2D eigenvalue weighted by Gasteiger charge is 2.18. The van der Waals surface area contributed by atoms with Crippen LogP contribution in [0.1, 0.15) is 15.9 Å². The quantitative estimate of drug-likeness (QED) is 0.481. The predicted octanol–water partition coefficient (Wildman–Crippen LogP) is 4.83. The highest BCUT2D eigenvalue weighted by atomic mass is 32.1. The number of nitrogens with zero attached hydrogens (tertiary/aromatic N) is 1. The number of hydrogen-bond donors (Lipinski definition) is 1. The van der Waals surface area contributed by atoms with Crippen LogP contribution in [0.2, 0.25) is 0 Å². The minimum absolute atomic E-state index is 0.297. The van der Waals surface area contributed by atoms with Crippen molar-refractivity contribution in [2.75, 3.05) is 33.8 Å². The van der Waals surface area contributed by atoms with Gasteiger partial charge in [-0.25, -0.2) is 4.98 Å². The minimum atomic E-state index is -0.297. The highest BCUT2D eigenvalue weighted by molar-refractivity contribution is 7.14. The standard InChI is InChI=1S/C23H24N2O5S/c1-6-7-14-10-15(11-20(29-4)21(14)30-5)22(26)25-23-24-18(13-31-23)17-9-8-16(27-2)12-19(17)28-3/h6,8-13H,1,7H2,2-5H3,(H,24,25,26). The smallest absolute Gasteiger partial charge is 0.257 e. The van der Waals surface area contributed by atoms with Crippen LogP contribution < -0.4 is 24.3 Å². The van der Waals surface area contributed by atoms with Crippen molar-refractivity contribution < 1.29 is 23.7 Å². The molecular formula is C23H24N2O5S. The van der Waals surface area contributed by atoms with Gasteiger partial charge in [-0.3, -0.25) is 10.1 Å². The van der Waals surface area contributed by atoms with Crippen molar-refractivity contribution in [2.24, 2.45) is 0 Å². The maximum absolute atomic E-state index is 12.9. The molecule has 162 valence electrons. The molecule has 1 amide bonds. The summed E-state index contributed by atoms with van der Waals surface area (Å²) in [7, 11) is 6.28. The van der Waals surface area contributed by atoms with E-state index in [-0.39, 0.29) is 5.91 Å². The highest BCUT2D eigenvalue weighted by Crippen LogP contribution is 2.36. The van der Waals surface area contributed by atoms with E-state index in [4.69, 9.17) is 18.9 Å². The molecule has 3 aromatic rings. The number of amides is 1. The molecule has 0 atom stereocenters. The number of benzene rings is 2. The molecule has 1 heterocycles. The number of methoxy groups -OCH3 is 4. The van der Waals surface area contributed by atoms with Crippen LogP contribution in [0.15, 0.2) is 48.4 Å². The molecule has 0 saturated heterocycles. The monoisotopic (exact) mass is 440 g/mol. The predicted molar refractivity (Wildman–Crippen MR) is 122 cm³/mol. The first-order valence-electron chi connectivity index (χ1n) is 9.39. The number of anilines is 1. The Morgan fingerprint density at radius 2 is 1.84 bits per heavy atom. The first-order chi connectivity index (χ1) is 15.0. The van der Waals surface area contributed by atoms with Crippen LogP contribution in [0.5, 0.6) is 23.0 Å². The SMILES string of the molecule is C=CCc1cc(C(=O)Nc2nc(-c3ccc(OC)cc3OC)cs2)cc(OC)c1OC. The van der Waals surface area contributed by atoms with Gasteiger partial charge in [-0.1, -0.05) is 6.08 Å². The number of nitrogens with one attached hydrogen (secondary N) is 1. The van der Waals surface area contributed by atoms with E-state index >= 15 is 0 Å². The van der Waals surface area contributed by atoms with Gasteiger partial charge in [-0.05, 0) is 30.7 Å². The van der Waals surface area contributed by atoms with Crippen molar-refractivity contribution in [1.82, 2.24) is 4.98 Å². The number of rotatable bonds is 9. The molecule has 1 N–H and O–H groups in total. The third-order valence-corrected chi connectivity index (χ3v) is 5.35. The van der Waals surface area contributed by atoms with Gasteiger partial charge in [-0.15, -0.1) is 17.9 Å². The maximum Gasteiger partial charge on any atom is 0.257 e. The van der Waals surface area contributed by atoms with Gasteiger partial charge in [0.1, 0.15) is 11.5 Å². The van der Waals surface area contributed by atoms with Gasteiger partial charge in [0.25, 0.3) is 5.91 Å². The number of aromatic nitrogens is 1.